The molecule has 0 radical (unpaired) electrons. The van der Waals surface area contributed by atoms with Gasteiger partial charge in [0.1, 0.15) is 6.04 Å². The molecule has 112 valence electrons. The molecule has 2 amide bonds. The predicted molar refractivity (Wildman–Crippen MR) is 83.8 cm³/mol. The minimum atomic E-state index is -0.862. The van der Waals surface area contributed by atoms with Crippen molar-refractivity contribution in [3.05, 3.63) is 48.0 Å². The van der Waals surface area contributed by atoms with Gasteiger partial charge in [-0.1, -0.05) is 37.3 Å². The van der Waals surface area contributed by atoms with E-state index in [-0.39, 0.29) is 18.2 Å². The Hall–Kier alpha value is -2.87. The second-order valence-electron chi connectivity index (χ2n) is 5.25. The first-order valence-electron chi connectivity index (χ1n) is 6.99. The van der Waals surface area contributed by atoms with Crippen LogP contribution < -0.4 is 11.1 Å². The maximum atomic E-state index is 12.3. The first-order valence-corrected chi connectivity index (χ1v) is 6.99. The van der Waals surface area contributed by atoms with Crippen molar-refractivity contribution in [3.63, 3.8) is 0 Å². The predicted octanol–water partition coefficient (Wildman–Crippen LogP) is 1.97. The lowest BCUT2D eigenvalue weighted by molar-refractivity contribution is -0.120. The fourth-order valence-corrected chi connectivity index (χ4v) is 2.31. The highest BCUT2D eigenvalue weighted by Crippen LogP contribution is 2.16. The molecule has 0 heterocycles. The molecule has 0 saturated heterocycles. The number of hydrogen-bond acceptors (Lipinski definition) is 3. The van der Waals surface area contributed by atoms with E-state index in [0.717, 1.165) is 10.8 Å². The number of carbonyl (C=O) groups excluding carboxylic acids is 2. The number of benzene rings is 2. The summed E-state index contributed by atoms with van der Waals surface area (Å²) < 4.78 is 0. The molecule has 0 saturated carbocycles. The van der Waals surface area contributed by atoms with Crippen molar-refractivity contribution in [2.75, 3.05) is 0 Å². The van der Waals surface area contributed by atoms with E-state index in [9.17, 15) is 9.59 Å². The maximum Gasteiger partial charge on any atom is 0.251 e. The van der Waals surface area contributed by atoms with Gasteiger partial charge in [0, 0.05) is 12.0 Å². The molecule has 5 heteroatoms. The van der Waals surface area contributed by atoms with Crippen LogP contribution in [0.2, 0.25) is 0 Å². The van der Waals surface area contributed by atoms with Crippen molar-refractivity contribution in [2.24, 2.45) is 11.7 Å². The number of nitriles is 1. The molecular weight excluding hydrogens is 278 g/mol. The molecule has 0 aromatic heterocycles. The highest BCUT2D eigenvalue weighted by molar-refractivity contribution is 6.00. The Balaban J connectivity index is 2.21. The topological polar surface area (TPSA) is 96.0 Å². The van der Waals surface area contributed by atoms with Gasteiger partial charge in [-0.3, -0.25) is 9.59 Å². The molecule has 2 rings (SSSR count). The molecule has 0 aliphatic rings. The number of nitrogens with two attached hydrogens (primary N) is 1. The van der Waals surface area contributed by atoms with Crippen molar-refractivity contribution in [2.45, 2.75) is 19.4 Å². The number of rotatable bonds is 5. The summed E-state index contributed by atoms with van der Waals surface area (Å²) in [5.41, 5.74) is 5.77. The van der Waals surface area contributed by atoms with Gasteiger partial charge in [0.05, 0.1) is 6.07 Å². The van der Waals surface area contributed by atoms with Crippen LogP contribution in [0.4, 0.5) is 0 Å². The monoisotopic (exact) mass is 295 g/mol. The summed E-state index contributed by atoms with van der Waals surface area (Å²) in [6.45, 7) is 1.71. The minimum absolute atomic E-state index is 0.144. The minimum Gasteiger partial charge on any atom is -0.368 e. The maximum absolute atomic E-state index is 12.3. The highest BCUT2D eigenvalue weighted by atomic mass is 16.2. The van der Waals surface area contributed by atoms with Gasteiger partial charge in [-0.15, -0.1) is 0 Å². The molecule has 0 fully saturated rings. The highest BCUT2D eigenvalue weighted by Gasteiger charge is 2.25. The van der Waals surface area contributed by atoms with E-state index in [4.69, 9.17) is 11.0 Å². The van der Waals surface area contributed by atoms with Gasteiger partial charge in [-0.05, 0) is 28.8 Å². The zero-order chi connectivity index (χ0) is 16.1. The lowest BCUT2D eigenvalue weighted by Gasteiger charge is -2.20. The number of hydrogen-bond donors (Lipinski definition) is 2. The van der Waals surface area contributed by atoms with Gasteiger partial charge in [-0.25, -0.2) is 0 Å². The Bertz CT molecular complexity index is 749. The van der Waals surface area contributed by atoms with Crippen molar-refractivity contribution in [1.82, 2.24) is 5.32 Å². The van der Waals surface area contributed by atoms with E-state index >= 15 is 0 Å². The summed E-state index contributed by atoms with van der Waals surface area (Å²) in [5, 5.41) is 13.3. The van der Waals surface area contributed by atoms with Gasteiger partial charge in [0.25, 0.3) is 5.91 Å². The fourth-order valence-electron chi connectivity index (χ4n) is 2.31. The molecular formula is C17H17N3O2. The van der Waals surface area contributed by atoms with Crippen molar-refractivity contribution in [3.8, 4) is 6.07 Å². The Morgan fingerprint density at radius 2 is 1.91 bits per heavy atom. The SMILES string of the molecule is C[C@H](CC#N)[C@H](NC(=O)c1ccc2ccccc2c1)C(N)=O. The molecule has 0 aliphatic heterocycles. The summed E-state index contributed by atoms with van der Waals surface area (Å²) in [4.78, 5) is 23.8. The zero-order valence-electron chi connectivity index (χ0n) is 12.2. The Morgan fingerprint density at radius 3 is 2.55 bits per heavy atom. The second kappa shape index (κ2) is 6.72. The normalized spacial score (nSPS) is 13.1. The van der Waals surface area contributed by atoms with Crippen LogP contribution in [0.15, 0.2) is 42.5 Å². The first kappa shape index (κ1) is 15.5. The number of fused-ring (bicyclic) bond motifs is 1. The standard InChI is InChI=1S/C17H17N3O2/c1-11(8-9-18)15(16(19)21)20-17(22)14-7-6-12-4-2-3-5-13(12)10-14/h2-7,10-11,15H,8H2,1H3,(H2,19,21)(H,20,22)/t11-,15+/m1/s1. The zero-order valence-corrected chi connectivity index (χ0v) is 12.2. The summed E-state index contributed by atoms with van der Waals surface area (Å²) >= 11 is 0. The molecule has 0 unspecified atom stereocenters. The number of primary amides is 1. The Kier molecular flexibility index (Phi) is 4.74. The van der Waals surface area contributed by atoms with E-state index < -0.39 is 11.9 Å². The van der Waals surface area contributed by atoms with Crippen LogP contribution in [0.3, 0.4) is 0 Å². The molecule has 5 nitrogen and oxygen atoms in total. The van der Waals surface area contributed by atoms with Crippen LogP contribution in [0.5, 0.6) is 0 Å². The average Bonchev–Trinajstić information content (AvgIpc) is 2.51. The summed E-state index contributed by atoms with van der Waals surface area (Å²) in [7, 11) is 0. The molecule has 2 aromatic rings. The average molecular weight is 295 g/mol. The van der Waals surface area contributed by atoms with E-state index in [2.05, 4.69) is 5.32 Å². The van der Waals surface area contributed by atoms with Crippen LogP contribution in [0.25, 0.3) is 10.8 Å². The van der Waals surface area contributed by atoms with Gasteiger partial charge in [-0.2, -0.15) is 5.26 Å². The molecule has 2 atom stereocenters. The molecule has 0 bridgehead atoms. The van der Waals surface area contributed by atoms with Crippen LogP contribution in [-0.2, 0) is 4.79 Å². The largest absolute Gasteiger partial charge is 0.368 e. The van der Waals surface area contributed by atoms with Crippen LogP contribution in [0.1, 0.15) is 23.7 Å². The van der Waals surface area contributed by atoms with Gasteiger partial charge in [0.2, 0.25) is 5.91 Å². The van der Waals surface area contributed by atoms with Gasteiger partial charge in [0.15, 0.2) is 0 Å². The third-order valence-electron chi connectivity index (χ3n) is 3.59. The lowest BCUT2D eigenvalue weighted by atomic mass is 9.97. The lowest BCUT2D eigenvalue weighted by Crippen LogP contribution is -2.48. The van der Waals surface area contributed by atoms with E-state index in [1.807, 2.05) is 36.4 Å². The van der Waals surface area contributed by atoms with E-state index in [1.54, 1.807) is 19.1 Å². The summed E-state index contributed by atoms with van der Waals surface area (Å²) in [6.07, 6.45) is 0.144. The Morgan fingerprint density at radius 1 is 1.23 bits per heavy atom. The summed E-state index contributed by atoms with van der Waals surface area (Å²) in [6, 6.07) is 14.1. The van der Waals surface area contributed by atoms with Gasteiger partial charge >= 0.3 is 0 Å². The number of amides is 2. The molecule has 2 aromatic carbocycles. The molecule has 22 heavy (non-hydrogen) atoms. The van der Waals surface area contributed by atoms with Crippen LogP contribution in [-0.4, -0.2) is 17.9 Å². The van der Waals surface area contributed by atoms with E-state index in [1.165, 1.54) is 0 Å². The van der Waals surface area contributed by atoms with Gasteiger partial charge < -0.3 is 11.1 Å². The molecule has 3 N–H and O–H groups in total. The smallest absolute Gasteiger partial charge is 0.251 e. The first-order chi connectivity index (χ1) is 10.5. The molecule has 0 spiro atoms. The quantitative estimate of drug-likeness (QED) is 0.882. The van der Waals surface area contributed by atoms with Crippen molar-refractivity contribution >= 4 is 22.6 Å². The fraction of sp³-hybridized carbons (Fsp3) is 0.235. The molecule has 0 aliphatic carbocycles. The third-order valence-corrected chi connectivity index (χ3v) is 3.59. The van der Waals surface area contributed by atoms with Crippen LogP contribution >= 0.6 is 0 Å². The summed E-state index contributed by atoms with van der Waals surface area (Å²) in [5.74, 6) is -1.36. The Labute approximate surface area is 128 Å². The van der Waals surface area contributed by atoms with E-state index in [0.29, 0.717) is 5.56 Å². The number of carbonyl (C=O) groups is 2. The number of nitrogens with one attached hydrogen (secondary N) is 1. The van der Waals surface area contributed by atoms with Crippen molar-refractivity contribution in [1.29, 1.82) is 5.26 Å². The second-order valence-corrected chi connectivity index (χ2v) is 5.25. The van der Waals surface area contributed by atoms with Crippen molar-refractivity contribution < 1.29 is 9.59 Å². The number of nitrogens with zero attached hydrogens (tertiary/aromatic N) is 1. The third kappa shape index (κ3) is 3.41. The van der Waals surface area contributed by atoms with Crippen LogP contribution in [0, 0.1) is 17.2 Å².